The van der Waals surface area contributed by atoms with Gasteiger partial charge in [0.1, 0.15) is 4.70 Å². The molecule has 1 amide bonds. The molecule has 0 aliphatic carbocycles. The molecule has 6 nitrogen and oxygen atoms in total. The molecule has 0 fully saturated rings. The highest BCUT2D eigenvalue weighted by Crippen LogP contribution is 2.24. The molecular weight excluding hydrogens is 424 g/mol. The Labute approximate surface area is 179 Å². The largest absolute Gasteiger partial charge is 0.325 e. The number of thiazole rings is 1. The molecule has 0 radical (unpaired) electrons. The number of fused-ring (bicyclic) bond motifs is 1. The van der Waals surface area contributed by atoms with Crippen LogP contribution in [0, 0.1) is 10.9 Å². The van der Waals surface area contributed by atoms with Gasteiger partial charge in [-0.1, -0.05) is 59.5 Å². The van der Waals surface area contributed by atoms with Crippen molar-refractivity contribution in [2.45, 2.75) is 12.1 Å². The first-order chi connectivity index (χ1) is 14.0. The number of amides is 1. The molecule has 4 rings (SSSR count). The fourth-order valence-corrected chi connectivity index (χ4v) is 4.73. The lowest BCUT2D eigenvalue weighted by Gasteiger charge is -2.08. The second-order valence-corrected chi connectivity index (χ2v) is 8.82. The molecule has 2 aromatic heterocycles. The summed E-state index contributed by atoms with van der Waals surface area (Å²) in [5.41, 5.74) is 2.83. The minimum atomic E-state index is -0.261. The van der Waals surface area contributed by atoms with Gasteiger partial charge in [0.25, 0.3) is 5.56 Å². The molecule has 0 bridgehead atoms. The first-order valence-corrected chi connectivity index (χ1v) is 10.9. The number of aromatic nitrogens is 3. The van der Waals surface area contributed by atoms with E-state index in [2.05, 4.69) is 15.3 Å². The SMILES string of the molecule is Cc1ccccc1NC(=O)CSc1nc2c(sc(=S)n2-c2ccccc2)c(=O)[nH]1. The van der Waals surface area contributed by atoms with Gasteiger partial charge < -0.3 is 10.3 Å². The summed E-state index contributed by atoms with van der Waals surface area (Å²) in [6.07, 6.45) is 0. The second kappa shape index (κ2) is 8.32. The number of hydrogen-bond acceptors (Lipinski definition) is 6. The number of aryl methyl sites for hydroxylation is 1. The Balaban J connectivity index is 1.60. The van der Waals surface area contributed by atoms with Gasteiger partial charge in [-0.25, -0.2) is 4.98 Å². The Bertz CT molecular complexity index is 1310. The maximum atomic E-state index is 12.5. The van der Waals surface area contributed by atoms with E-state index in [1.807, 2.05) is 61.5 Å². The van der Waals surface area contributed by atoms with Gasteiger partial charge in [-0.3, -0.25) is 14.2 Å². The molecule has 29 heavy (non-hydrogen) atoms. The molecule has 0 saturated heterocycles. The number of para-hydroxylation sites is 2. The highest BCUT2D eigenvalue weighted by atomic mass is 32.2. The lowest BCUT2D eigenvalue weighted by atomic mass is 10.2. The Morgan fingerprint density at radius 3 is 2.69 bits per heavy atom. The van der Waals surface area contributed by atoms with Crippen LogP contribution in [0.15, 0.2) is 64.5 Å². The van der Waals surface area contributed by atoms with Gasteiger partial charge in [0, 0.05) is 11.4 Å². The first kappa shape index (κ1) is 19.6. The van der Waals surface area contributed by atoms with Gasteiger partial charge in [0.2, 0.25) is 5.91 Å². The van der Waals surface area contributed by atoms with Crippen LogP contribution in [0.4, 0.5) is 5.69 Å². The molecule has 2 aromatic carbocycles. The van der Waals surface area contributed by atoms with Gasteiger partial charge >= 0.3 is 0 Å². The van der Waals surface area contributed by atoms with E-state index >= 15 is 0 Å². The van der Waals surface area contributed by atoms with Crippen LogP contribution in [0.2, 0.25) is 0 Å². The average Bonchev–Trinajstić information content (AvgIpc) is 3.05. The molecule has 2 N–H and O–H groups in total. The minimum absolute atomic E-state index is 0.124. The molecule has 0 saturated carbocycles. The highest BCUT2D eigenvalue weighted by molar-refractivity contribution is 7.99. The van der Waals surface area contributed by atoms with E-state index in [-0.39, 0.29) is 17.2 Å². The zero-order valence-electron chi connectivity index (χ0n) is 15.3. The number of nitrogens with one attached hydrogen (secondary N) is 2. The van der Waals surface area contributed by atoms with Crippen LogP contribution >= 0.6 is 35.3 Å². The summed E-state index contributed by atoms with van der Waals surface area (Å²) in [5.74, 6) is -0.0452. The smallest absolute Gasteiger partial charge is 0.271 e. The van der Waals surface area contributed by atoms with Crippen molar-refractivity contribution >= 4 is 57.3 Å². The maximum Gasteiger partial charge on any atom is 0.271 e. The fraction of sp³-hybridized carbons (Fsp3) is 0.100. The molecule has 4 aromatic rings. The lowest BCUT2D eigenvalue weighted by Crippen LogP contribution is -2.16. The van der Waals surface area contributed by atoms with Crippen LogP contribution in [0.3, 0.4) is 0 Å². The monoisotopic (exact) mass is 440 g/mol. The van der Waals surface area contributed by atoms with Gasteiger partial charge in [0.15, 0.2) is 14.8 Å². The summed E-state index contributed by atoms with van der Waals surface area (Å²) in [4.78, 5) is 32.1. The summed E-state index contributed by atoms with van der Waals surface area (Å²) in [7, 11) is 0. The van der Waals surface area contributed by atoms with E-state index in [9.17, 15) is 9.59 Å². The number of nitrogens with zero attached hydrogens (tertiary/aromatic N) is 2. The predicted octanol–water partition coefficient (Wildman–Crippen LogP) is 4.54. The zero-order valence-corrected chi connectivity index (χ0v) is 17.8. The molecule has 0 spiro atoms. The molecule has 0 aliphatic rings. The third-order valence-electron chi connectivity index (χ3n) is 4.19. The Kier molecular flexibility index (Phi) is 5.61. The number of carbonyl (C=O) groups is 1. The van der Waals surface area contributed by atoms with Crippen molar-refractivity contribution in [1.29, 1.82) is 0 Å². The fourth-order valence-electron chi connectivity index (χ4n) is 2.80. The third kappa shape index (κ3) is 4.16. The molecule has 9 heteroatoms. The quantitative estimate of drug-likeness (QED) is 0.270. The van der Waals surface area contributed by atoms with Gasteiger partial charge in [0.05, 0.1) is 5.75 Å². The van der Waals surface area contributed by atoms with Gasteiger partial charge in [-0.05, 0) is 42.9 Å². The van der Waals surface area contributed by atoms with Crippen molar-refractivity contribution in [2.24, 2.45) is 0 Å². The lowest BCUT2D eigenvalue weighted by molar-refractivity contribution is -0.113. The number of benzene rings is 2. The number of aromatic amines is 1. The Morgan fingerprint density at radius 1 is 1.21 bits per heavy atom. The van der Waals surface area contributed by atoms with Crippen LogP contribution < -0.4 is 10.9 Å². The van der Waals surface area contributed by atoms with Gasteiger partial charge in [-0.2, -0.15) is 0 Å². The molecule has 2 heterocycles. The van der Waals surface area contributed by atoms with Crippen molar-refractivity contribution in [2.75, 3.05) is 11.1 Å². The summed E-state index contributed by atoms with van der Waals surface area (Å²) >= 11 is 7.84. The van der Waals surface area contributed by atoms with Crippen molar-refractivity contribution in [3.8, 4) is 5.69 Å². The summed E-state index contributed by atoms with van der Waals surface area (Å²) < 4.78 is 2.79. The summed E-state index contributed by atoms with van der Waals surface area (Å²) in [6.45, 7) is 1.93. The molecule has 0 aliphatic heterocycles. The molecule has 0 atom stereocenters. The molecule has 146 valence electrons. The van der Waals surface area contributed by atoms with Crippen molar-refractivity contribution in [3.63, 3.8) is 0 Å². The van der Waals surface area contributed by atoms with E-state index in [0.29, 0.717) is 19.5 Å². The van der Waals surface area contributed by atoms with Crippen molar-refractivity contribution in [1.82, 2.24) is 14.5 Å². The topological polar surface area (TPSA) is 79.8 Å². The van der Waals surface area contributed by atoms with Crippen molar-refractivity contribution in [3.05, 3.63) is 74.5 Å². The van der Waals surface area contributed by atoms with E-state index in [1.54, 1.807) is 4.57 Å². The summed E-state index contributed by atoms with van der Waals surface area (Å²) in [6, 6.07) is 17.1. The van der Waals surface area contributed by atoms with E-state index in [1.165, 1.54) is 23.1 Å². The Hall–Kier alpha value is -2.75. The number of carbonyl (C=O) groups excluding carboxylic acids is 1. The maximum absolute atomic E-state index is 12.5. The number of anilines is 1. The number of thioether (sulfide) groups is 1. The van der Waals surface area contributed by atoms with Crippen LogP contribution in [-0.4, -0.2) is 26.2 Å². The minimum Gasteiger partial charge on any atom is -0.325 e. The van der Waals surface area contributed by atoms with Crippen molar-refractivity contribution < 1.29 is 4.79 Å². The van der Waals surface area contributed by atoms with E-state index in [0.717, 1.165) is 16.9 Å². The summed E-state index contributed by atoms with van der Waals surface area (Å²) in [5, 5.41) is 3.25. The van der Waals surface area contributed by atoms with Crippen LogP contribution in [-0.2, 0) is 4.79 Å². The van der Waals surface area contributed by atoms with E-state index < -0.39 is 0 Å². The van der Waals surface area contributed by atoms with Crippen LogP contribution in [0.1, 0.15) is 5.56 Å². The highest BCUT2D eigenvalue weighted by Gasteiger charge is 2.14. The van der Waals surface area contributed by atoms with E-state index in [4.69, 9.17) is 12.2 Å². The number of rotatable bonds is 5. The molecule has 0 unspecified atom stereocenters. The predicted molar refractivity (Wildman–Crippen MR) is 121 cm³/mol. The standard InChI is InChI=1S/C20H16N4O2S3/c1-12-7-5-6-10-14(12)21-15(25)11-28-19-22-17-16(18(26)23-19)29-20(27)24(17)13-8-3-2-4-9-13/h2-10H,11H2,1H3,(H,21,25)(H,22,23,26). The second-order valence-electron chi connectivity index (χ2n) is 6.21. The normalized spacial score (nSPS) is 10.9. The number of hydrogen-bond donors (Lipinski definition) is 2. The average molecular weight is 441 g/mol. The zero-order chi connectivity index (χ0) is 20.4. The Morgan fingerprint density at radius 2 is 1.93 bits per heavy atom. The van der Waals surface area contributed by atoms with Gasteiger partial charge in [-0.15, -0.1) is 0 Å². The third-order valence-corrected chi connectivity index (χ3v) is 6.43. The van der Waals surface area contributed by atoms with Crippen LogP contribution in [0.25, 0.3) is 16.0 Å². The van der Waals surface area contributed by atoms with Crippen LogP contribution in [0.5, 0.6) is 0 Å². The molecular formula is C20H16N4O2S3. The first-order valence-electron chi connectivity index (χ1n) is 8.72. The number of H-pyrrole nitrogens is 1.